The molecule has 0 saturated carbocycles. The molecular formula is C16H15ClF4OS. The fraction of sp³-hybridized carbons (Fsp3) is 0.250. The number of aryl methyl sites for hydroxylation is 1. The molecule has 0 N–H and O–H groups in total. The van der Waals surface area contributed by atoms with Gasteiger partial charge in [0.05, 0.1) is 0 Å². The van der Waals surface area contributed by atoms with Crippen molar-refractivity contribution in [2.24, 2.45) is 0 Å². The second-order valence-corrected chi connectivity index (χ2v) is 6.17. The van der Waals surface area contributed by atoms with Crippen LogP contribution in [0.4, 0.5) is 17.6 Å². The minimum atomic E-state index is -4.88. The minimum Gasteiger partial charge on any atom is -0.245 e. The first-order chi connectivity index (χ1) is 10.7. The first kappa shape index (κ1) is 19.6. The van der Waals surface area contributed by atoms with Gasteiger partial charge >= 0.3 is 5.51 Å². The maximum absolute atomic E-state index is 14.1. The molecule has 0 spiro atoms. The van der Waals surface area contributed by atoms with Crippen LogP contribution in [-0.2, 0) is 10.8 Å². The Hall–Kier alpha value is -1.40. The van der Waals surface area contributed by atoms with Gasteiger partial charge < -0.3 is 0 Å². The van der Waals surface area contributed by atoms with Crippen molar-refractivity contribution >= 4 is 22.4 Å². The first-order valence-corrected chi connectivity index (χ1v) is 8.28. The molecule has 2 aromatic rings. The molecule has 1 nitrogen and oxygen atoms in total. The van der Waals surface area contributed by atoms with Crippen molar-refractivity contribution in [2.45, 2.75) is 31.2 Å². The van der Waals surface area contributed by atoms with Crippen molar-refractivity contribution in [1.82, 2.24) is 0 Å². The number of rotatable bonds is 2. The molecule has 2 aromatic carbocycles. The van der Waals surface area contributed by atoms with E-state index in [0.717, 1.165) is 12.1 Å². The van der Waals surface area contributed by atoms with Crippen LogP contribution in [0.15, 0.2) is 41.3 Å². The highest BCUT2D eigenvalue weighted by atomic mass is 35.5. The highest BCUT2D eigenvalue weighted by Gasteiger charge is 2.38. The predicted octanol–water partition coefficient (Wildman–Crippen LogP) is 6.11. The third-order valence-corrected chi connectivity index (χ3v) is 4.28. The number of hydrogen-bond acceptors (Lipinski definition) is 1. The van der Waals surface area contributed by atoms with Gasteiger partial charge in [-0.3, -0.25) is 0 Å². The normalized spacial score (nSPS) is 12.3. The van der Waals surface area contributed by atoms with E-state index >= 15 is 0 Å². The maximum atomic E-state index is 14.1. The molecule has 126 valence electrons. The summed E-state index contributed by atoms with van der Waals surface area (Å²) in [5, 5.41) is 0.0856. The molecule has 0 bridgehead atoms. The summed E-state index contributed by atoms with van der Waals surface area (Å²) in [5.41, 5.74) is -4.39. The lowest BCUT2D eigenvalue weighted by Crippen LogP contribution is -2.16. The van der Waals surface area contributed by atoms with Crippen molar-refractivity contribution in [2.75, 3.05) is 0 Å². The smallest absolute Gasteiger partial charge is 0.245 e. The Morgan fingerprint density at radius 1 is 1.04 bits per heavy atom. The molecule has 0 aromatic heterocycles. The van der Waals surface area contributed by atoms with E-state index in [2.05, 4.69) is 0 Å². The number of hydrogen-bond donors (Lipinski definition) is 0. The summed E-state index contributed by atoms with van der Waals surface area (Å²) < 4.78 is 63.0. The fourth-order valence-electron chi connectivity index (χ4n) is 1.82. The van der Waals surface area contributed by atoms with Crippen LogP contribution in [0.1, 0.15) is 19.4 Å². The van der Waals surface area contributed by atoms with Gasteiger partial charge in [-0.25, -0.2) is 8.60 Å². The topological polar surface area (TPSA) is 17.1 Å². The van der Waals surface area contributed by atoms with Gasteiger partial charge in [0.2, 0.25) is 0 Å². The lowest BCUT2D eigenvalue weighted by atomic mass is 10.0. The quantitative estimate of drug-likeness (QED) is 0.586. The minimum absolute atomic E-state index is 0.0704. The van der Waals surface area contributed by atoms with Crippen molar-refractivity contribution in [3.63, 3.8) is 0 Å². The Bertz CT molecular complexity index is 714. The third-order valence-electron chi connectivity index (χ3n) is 2.84. The molecule has 23 heavy (non-hydrogen) atoms. The molecule has 0 amide bonds. The standard InChI is InChI=1S/C14H9ClF4OS.C2H6/c1-8-3-2-4-10(13(8)16)11-7-9(5-6-12(11)15)21(20)14(17,18)19;1-2/h2-7H,1H3;1-2H3. The van der Waals surface area contributed by atoms with Crippen molar-refractivity contribution in [3.05, 3.63) is 52.8 Å². The number of alkyl halides is 3. The van der Waals surface area contributed by atoms with Crippen LogP contribution in [-0.4, -0.2) is 9.72 Å². The zero-order valence-corrected chi connectivity index (χ0v) is 14.2. The summed E-state index contributed by atoms with van der Waals surface area (Å²) in [6.45, 7) is 5.53. The highest BCUT2D eigenvalue weighted by Crippen LogP contribution is 2.35. The molecule has 2 rings (SSSR count). The summed E-state index contributed by atoms with van der Waals surface area (Å²) in [7, 11) is -3.19. The van der Waals surface area contributed by atoms with Crippen LogP contribution in [0, 0.1) is 12.7 Å². The van der Waals surface area contributed by atoms with E-state index in [-0.39, 0.29) is 16.1 Å². The summed E-state index contributed by atoms with van der Waals surface area (Å²) in [6, 6.07) is 7.70. The predicted molar refractivity (Wildman–Crippen MR) is 85.4 cm³/mol. The Labute approximate surface area is 139 Å². The van der Waals surface area contributed by atoms with Gasteiger partial charge in [-0.1, -0.05) is 43.6 Å². The SMILES string of the molecule is CC.Cc1cccc(-c2cc(S(=O)C(F)(F)F)ccc2Cl)c1F. The average molecular weight is 367 g/mol. The Kier molecular flexibility index (Phi) is 6.77. The molecule has 0 heterocycles. The number of halogens is 5. The van der Waals surface area contributed by atoms with Gasteiger partial charge in [0.15, 0.2) is 10.8 Å². The molecule has 0 aliphatic carbocycles. The molecule has 1 atom stereocenters. The Balaban J connectivity index is 0.00000127. The Morgan fingerprint density at radius 3 is 2.22 bits per heavy atom. The monoisotopic (exact) mass is 366 g/mol. The van der Waals surface area contributed by atoms with Crippen LogP contribution in [0.25, 0.3) is 11.1 Å². The van der Waals surface area contributed by atoms with Crippen molar-refractivity contribution in [1.29, 1.82) is 0 Å². The van der Waals surface area contributed by atoms with Crippen LogP contribution in [0.2, 0.25) is 5.02 Å². The second kappa shape index (κ2) is 7.93. The van der Waals surface area contributed by atoms with Crippen molar-refractivity contribution in [3.8, 4) is 11.1 Å². The van der Waals surface area contributed by atoms with Crippen LogP contribution in [0.3, 0.4) is 0 Å². The van der Waals surface area contributed by atoms with E-state index in [1.807, 2.05) is 13.8 Å². The van der Waals surface area contributed by atoms with Gasteiger partial charge in [-0.15, -0.1) is 0 Å². The fourth-order valence-corrected chi connectivity index (χ4v) is 2.72. The highest BCUT2D eigenvalue weighted by molar-refractivity contribution is 7.86. The van der Waals surface area contributed by atoms with Gasteiger partial charge in [0.25, 0.3) is 0 Å². The number of benzene rings is 2. The molecular weight excluding hydrogens is 352 g/mol. The van der Waals surface area contributed by atoms with Crippen molar-refractivity contribution < 1.29 is 21.8 Å². The van der Waals surface area contributed by atoms with Crippen LogP contribution < -0.4 is 0 Å². The molecule has 0 aliphatic rings. The molecule has 0 radical (unpaired) electrons. The Morgan fingerprint density at radius 2 is 1.65 bits per heavy atom. The van der Waals surface area contributed by atoms with Gasteiger partial charge in [-0.2, -0.15) is 13.2 Å². The summed E-state index contributed by atoms with van der Waals surface area (Å²) in [6.07, 6.45) is 0. The van der Waals surface area contributed by atoms with E-state index in [0.29, 0.717) is 5.56 Å². The molecule has 7 heteroatoms. The van der Waals surface area contributed by atoms with E-state index in [4.69, 9.17) is 11.6 Å². The lowest BCUT2D eigenvalue weighted by Gasteiger charge is -2.11. The largest absolute Gasteiger partial charge is 0.475 e. The zero-order chi connectivity index (χ0) is 17.8. The van der Waals surface area contributed by atoms with E-state index in [1.54, 1.807) is 6.07 Å². The molecule has 0 aliphatic heterocycles. The first-order valence-electron chi connectivity index (χ1n) is 6.75. The summed E-state index contributed by atoms with van der Waals surface area (Å²) in [5.74, 6) is -0.575. The van der Waals surface area contributed by atoms with Gasteiger partial charge in [-0.05, 0) is 30.7 Å². The zero-order valence-electron chi connectivity index (χ0n) is 12.7. The molecule has 1 unspecified atom stereocenters. The lowest BCUT2D eigenvalue weighted by molar-refractivity contribution is -0.0384. The van der Waals surface area contributed by atoms with Gasteiger partial charge in [0, 0.05) is 21.0 Å². The summed E-state index contributed by atoms with van der Waals surface area (Å²) in [4.78, 5) is -0.470. The third kappa shape index (κ3) is 4.54. The maximum Gasteiger partial charge on any atom is 0.475 e. The van der Waals surface area contributed by atoms with Crippen LogP contribution in [0.5, 0.6) is 0 Å². The molecule has 0 fully saturated rings. The van der Waals surface area contributed by atoms with E-state index < -0.39 is 27.0 Å². The second-order valence-electron chi connectivity index (χ2n) is 4.29. The van der Waals surface area contributed by atoms with Gasteiger partial charge in [0.1, 0.15) is 5.82 Å². The average Bonchev–Trinajstić information content (AvgIpc) is 2.51. The van der Waals surface area contributed by atoms with E-state index in [9.17, 15) is 21.8 Å². The van der Waals surface area contributed by atoms with E-state index in [1.165, 1.54) is 25.1 Å². The molecule has 0 saturated heterocycles. The van der Waals surface area contributed by atoms with Crippen LogP contribution >= 0.6 is 11.6 Å². The summed E-state index contributed by atoms with van der Waals surface area (Å²) >= 11 is 5.93.